The van der Waals surface area contributed by atoms with E-state index in [0.29, 0.717) is 16.3 Å². The molecule has 0 unspecified atom stereocenters. The molecule has 0 aliphatic carbocycles. The van der Waals surface area contributed by atoms with E-state index in [1.54, 1.807) is 45.0 Å². The molecular formula is C22H24N4O6S. The lowest BCUT2D eigenvalue weighted by Crippen LogP contribution is -2.27. The first-order chi connectivity index (χ1) is 15.4. The molecule has 33 heavy (non-hydrogen) atoms. The van der Waals surface area contributed by atoms with Crippen molar-refractivity contribution in [3.05, 3.63) is 47.6 Å². The molecule has 1 aromatic heterocycles. The van der Waals surface area contributed by atoms with Gasteiger partial charge in [0.25, 0.3) is 11.8 Å². The molecule has 2 rings (SSSR count). The van der Waals surface area contributed by atoms with Crippen molar-refractivity contribution in [2.24, 2.45) is 4.99 Å². The predicted octanol–water partition coefficient (Wildman–Crippen LogP) is 3.56. The van der Waals surface area contributed by atoms with Gasteiger partial charge in [-0.25, -0.2) is 19.6 Å². The quantitative estimate of drug-likeness (QED) is 0.373. The highest BCUT2D eigenvalue weighted by molar-refractivity contribution is 7.13. The summed E-state index contributed by atoms with van der Waals surface area (Å²) in [5, 5.41) is 6.99. The molecule has 0 atom stereocenters. The second-order valence-corrected chi connectivity index (χ2v) is 8.53. The third kappa shape index (κ3) is 7.65. The number of aromatic nitrogens is 1. The van der Waals surface area contributed by atoms with Crippen molar-refractivity contribution < 1.29 is 28.7 Å². The van der Waals surface area contributed by atoms with Crippen molar-refractivity contribution in [3.63, 3.8) is 0 Å². The summed E-state index contributed by atoms with van der Waals surface area (Å²) < 4.78 is 9.70. The van der Waals surface area contributed by atoms with Gasteiger partial charge in [0, 0.05) is 16.6 Å². The number of carbonyl (C=O) groups is 4. The second-order valence-electron chi connectivity index (χ2n) is 7.67. The number of hydrogen-bond donors (Lipinski definition) is 2. The fraction of sp³-hybridized carbons (Fsp3) is 0.273. The summed E-state index contributed by atoms with van der Waals surface area (Å²) in [5.74, 6) is -2.32. The van der Waals surface area contributed by atoms with Crippen LogP contribution in [0.5, 0.6) is 0 Å². The Morgan fingerprint density at radius 1 is 1.18 bits per heavy atom. The van der Waals surface area contributed by atoms with Gasteiger partial charge < -0.3 is 14.8 Å². The van der Waals surface area contributed by atoms with E-state index in [-0.39, 0.29) is 17.1 Å². The highest BCUT2D eigenvalue weighted by atomic mass is 32.1. The average molecular weight is 473 g/mol. The summed E-state index contributed by atoms with van der Waals surface area (Å²) in [7, 11) is 1.16. The molecule has 0 fully saturated rings. The number of thiazole rings is 1. The molecule has 0 bridgehead atoms. The highest BCUT2D eigenvalue weighted by Crippen LogP contribution is 2.26. The van der Waals surface area contributed by atoms with Crippen molar-refractivity contribution >= 4 is 46.6 Å². The summed E-state index contributed by atoms with van der Waals surface area (Å²) >= 11 is 1.20. The van der Waals surface area contributed by atoms with Crippen LogP contribution in [0, 0.1) is 0 Å². The first-order valence-corrected chi connectivity index (χ1v) is 10.5. The molecule has 11 heteroatoms. The van der Waals surface area contributed by atoms with Gasteiger partial charge in [-0.3, -0.25) is 14.9 Å². The smallest absolute Gasteiger partial charge is 0.412 e. The van der Waals surface area contributed by atoms with Crippen LogP contribution in [-0.4, -0.2) is 47.3 Å². The van der Waals surface area contributed by atoms with Gasteiger partial charge in [-0.15, -0.1) is 11.3 Å². The van der Waals surface area contributed by atoms with Gasteiger partial charge >= 0.3 is 12.1 Å². The van der Waals surface area contributed by atoms with Crippen molar-refractivity contribution in [1.82, 2.24) is 10.3 Å². The first-order valence-electron chi connectivity index (χ1n) is 9.63. The molecule has 3 amide bonds. The zero-order chi connectivity index (χ0) is 24.8. The molecule has 2 N–H and O–H groups in total. The zero-order valence-corrected chi connectivity index (χ0v) is 19.7. The van der Waals surface area contributed by atoms with Crippen LogP contribution in [0.1, 0.15) is 38.2 Å². The molecule has 0 aliphatic heterocycles. The van der Waals surface area contributed by atoms with Crippen LogP contribution in [0.2, 0.25) is 0 Å². The number of amides is 3. The molecule has 0 radical (unpaired) electrons. The molecular weight excluding hydrogens is 448 g/mol. The Morgan fingerprint density at radius 2 is 1.88 bits per heavy atom. The number of carbonyl (C=O) groups excluding carboxylic acids is 4. The summed E-state index contributed by atoms with van der Waals surface area (Å²) in [6.45, 7) is 10.1. The van der Waals surface area contributed by atoms with Gasteiger partial charge in [-0.1, -0.05) is 18.7 Å². The standard InChI is InChI=1S/C22H24N4O6S/c1-12(17(27)24-13(2)20(29)31-6)23-18(28)16-11-33-19(26-16)14-8-7-9-15(10-14)25-21(30)32-22(3,4)5/h7-11H,1H2,2-6H3,(H,23,28)(H,25,30). The highest BCUT2D eigenvalue weighted by Gasteiger charge is 2.18. The largest absolute Gasteiger partial charge is 0.465 e. The Labute approximate surface area is 194 Å². The van der Waals surface area contributed by atoms with E-state index in [2.05, 4.69) is 31.9 Å². The number of esters is 1. The minimum atomic E-state index is -0.886. The van der Waals surface area contributed by atoms with Crippen molar-refractivity contribution in [2.45, 2.75) is 33.3 Å². The number of aliphatic imine (C=N–C) groups is 1. The van der Waals surface area contributed by atoms with E-state index in [4.69, 9.17) is 4.74 Å². The van der Waals surface area contributed by atoms with Crippen LogP contribution in [0.3, 0.4) is 0 Å². The van der Waals surface area contributed by atoms with Gasteiger partial charge in [-0.05, 0) is 39.8 Å². The van der Waals surface area contributed by atoms with Gasteiger partial charge in [0.1, 0.15) is 27.7 Å². The molecule has 0 aliphatic rings. The normalized spacial score (nSPS) is 11.4. The Kier molecular flexibility index (Phi) is 8.19. The Hall–Kier alpha value is -3.86. The Balaban J connectivity index is 2.08. The number of ether oxygens (including phenoxy) is 2. The Bertz CT molecular complexity index is 1130. The minimum absolute atomic E-state index is 0.0584. The molecule has 1 aromatic carbocycles. The van der Waals surface area contributed by atoms with Crippen LogP contribution in [0.25, 0.3) is 10.6 Å². The van der Waals surface area contributed by atoms with Crippen LogP contribution in [0.4, 0.5) is 10.5 Å². The maximum absolute atomic E-state index is 12.4. The second kappa shape index (κ2) is 10.6. The van der Waals surface area contributed by atoms with Crippen molar-refractivity contribution in [3.8, 4) is 10.6 Å². The SMILES string of the molecule is C=C(NC(=O)c1csc(-c2cccc(NC(=O)OC(C)(C)C)c2)n1)C(=O)N=C(C)C(=O)OC. The topological polar surface area (TPSA) is 136 Å². The van der Waals surface area contributed by atoms with E-state index in [1.165, 1.54) is 23.6 Å². The number of anilines is 1. The molecule has 0 saturated carbocycles. The van der Waals surface area contributed by atoms with Crippen LogP contribution in [0.15, 0.2) is 46.9 Å². The first kappa shape index (κ1) is 25.4. The summed E-state index contributed by atoms with van der Waals surface area (Å²) in [4.78, 5) is 55.6. The maximum Gasteiger partial charge on any atom is 0.412 e. The fourth-order valence-corrected chi connectivity index (χ4v) is 3.13. The third-order valence-electron chi connectivity index (χ3n) is 3.76. The van der Waals surface area contributed by atoms with E-state index in [0.717, 1.165) is 7.11 Å². The predicted molar refractivity (Wildman–Crippen MR) is 124 cm³/mol. The fourth-order valence-electron chi connectivity index (χ4n) is 2.33. The molecule has 0 spiro atoms. The number of methoxy groups -OCH3 is 1. The zero-order valence-electron chi connectivity index (χ0n) is 18.8. The summed E-state index contributed by atoms with van der Waals surface area (Å²) in [5.41, 5.74) is 0.105. The van der Waals surface area contributed by atoms with Crippen LogP contribution >= 0.6 is 11.3 Å². The molecule has 174 valence electrons. The minimum Gasteiger partial charge on any atom is -0.465 e. The number of rotatable bonds is 6. The summed E-state index contributed by atoms with van der Waals surface area (Å²) in [6, 6.07) is 6.89. The van der Waals surface area contributed by atoms with Gasteiger partial charge in [0.15, 0.2) is 0 Å². The molecule has 1 heterocycles. The van der Waals surface area contributed by atoms with Gasteiger partial charge in [-0.2, -0.15) is 0 Å². The number of hydrogen-bond acceptors (Lipinski definition) is 8. The monoisotopic (exact) mass is 472 g/mol. The third-order valence-corrected chi connectivity index (χ3v) is 4.66. The number of nitrogens with zero attached hydrogens (tertiary/aromatic N) is 2. The molecule has 0 saturated heterocycles. The molecule has 2 aromatic rings. The van der Waals surface area contributed by atoms with Crippen LogP contribution in [-0.2, 0) is 19.1 Å². The van der Waals surface area contributed by atoms with Gasteiger partial charge in [0.05, 0.1) is 7.11 Å². The van der Waals surface area contributed by atoms with Crippen LogP contribution < -0.4 is 10.6 Å². The number of benzene rings is 1. The van der Waals surface area contributed by atoms with E-state index < -0.39 is 29.5 Å². The van der Waals surface area contributed by atoms with Gasteiger partial charge in [0.2, 0.25) is 0 Å². The lowest BCUT2D eigenvalue weighted by Gasteiger charge is -2.19. The lowest BCUT2D eigenvalue weighted by atomic mass is 10.2. The lowest BCUT2D eigenvalue weighted by molar-refractivity contribution is -0.133. The van der Waals surface area contributed by atoms with E-state index in [1.807, 2.05) is 0 Å². The van der Waals surface area contributed by atoms with E-state index in [9.17, 15) is 19.2 Å². The van der Waals surface area contributed by atoms with E-state index >= 15 is 0 Å². The number of nitrogens with one attached hydrogen (secondary N) is 2. The molecule has 10 nitrogen and oxygen atoms in total. The van der Waals surface area contributed by atoms with Crippen molar-refractivity contribution in [1.29, 1.82) is 0 Å². The maximum atomic E-state index is 12.4. The summed E-state index contributed by atoms with van der Waals surface area (Å²) in [6.07, 6.45) is -0.591. The van der Waals surface area contributed by atoms with Crippen molar-refractivity contribution in [2.75, 3.05) is 12.4 Å². The average Bonchev–Trinajstić information content (AvgIpc) is 3.22. The Morgan fingerprint density at radius 3 is 2.52 bits per heavy atom.